The number of benzene rings is 2. The molecule has 0 radical (unpaired) electrons. The van der Waals surface area contributed by atoms with Crippen LogP contribution in [0.15, 0.2) is 53.0 Å². The van der Waals surface area contributed by atoms with Crippen LogP contribution in [-0.4, -0.2) is 9.55 Å². The van der Waals surface area contributed by atoms with Gasteiger partial charge in [-0.2, -0.15) is 0 Å². The van der Waals surface area contributed by atoms with Crippen molar-refractivity contribution < 1.29 is 0 Å². The first-order valence-corrected chi connectivity index (χ1v) is 7.39. The highest BCUT2D eigenvalue weighted by atomic mass is 79.9. The number of para-hydroxylation sites is 2. The molecular formula is C16H16BrN3. The van der Waals surface area contributed by atoms with Gasteiger partial charge in [0.1, 0.15) is 5.82 Å². The molecule has 20 heavy (non-hydrogen) atoms. The molecule has 0 saturated heterocycles. The molecule has 0 unspecified atom stereocenters. The van der Waals surface area contributed by atoms with Gasteiger partial charge in [0.05, 0.1) is 17.6 Å². The van der Waals surface area contributed by atoms with Crippen molar-refractivity contribution in [3.8, 4) is 0 Å². The number of hydrogen-bond donors (Lipinski definition) is 1. The van der Waals surface area contributed by atoms with E-state index in [1.807, 2.05) is 18.2 Å². The summed E-state index contributed by atoms with van der Waals surface area (Å²) in [6.45, 7) is 1.61. The highest BCUT2D eigenvalue weighted by molar-refractivity contribution is 9.10. The molecule has 1 N–H and O–H groups in total. The minimum atomic E-state index is 0.765. The number of aromatic nitrogens is 2. The molecule has 3 nitrogen and oxygen atoms in total. The van der Waals surface area contributed by atoms with Crippen LogP contribution in [0, 0.1) is 0 Å². The van der Waals surface area contributed by atoms with Gasteiger partial charge in [-0.15, -0.1) is 0 Å². The SMILES string of the molecule is Cn1c(CNCc2ccc(Br)cc2)nc2ccccc21. The lowest BCUT2D eigenvalue weighted by Crippen LogP contribution is -2.15. The third kappa shape index (κ3) is 2.76. The minimum absolute atomic E-state index is 0.765. The van der Waals surface area contributed by atoms with E-state index in [1.165, 1.54) is 11.1 Å². The first kappa shape index (κ1) is 13.3. The molecular weight excluding hydrogens is 314 g/mol. The van der Waals surface area contributed by atoms with E-state index < -0.39 is 0 Å². The van der Waals surface area contributed by atoms with E-state index in [9.17, 15) is 0 Å². The number of rotatable bonds is 4. The molecule has 0 aliphatic heterocycles. The van der Waals surface area contributed by atoms with E-state index in [-0.39, 0.29) is 0 Å². The zero-order chi connectivity index (χ0) is 13.9. The highest BCUT2D eigenvalue weighted by Crippen LogP contribution is 2.14. The molecule has 3 aromatic rings. The molecule has 0 aliphatic rings. The number of halogens is 1. The van der Waals surface area contributed by atoms with Crippen LogP contribution in [0.25, 0.3) is 11.0 Å². The van der Waals surface area contributed by atoms with Gasteiger partial charge in [-0.1, -0.05) is 40.2 Å². The number of aryl methyl sites for hydroxylation is 1. The Balaban J connectivity index is 1.68. The third-order valence-corrected chi connectivity index (χ3v) is 3.93. The van der Waals surface area contributed by atoms with Crippen molar-refractivity contribution in [3.63, 3.8) is 0 Å². The average molecular weight is 330 g/mol. The Morgan fingerprint density at radius 3 is 2.55 bits per heavy atom. The molecule has 0 spiro atoms. The van der Waals surface area contributed by atoms with Gasteiger partial charge < -0.3 is 9.88 Å². The molecule has 1 aromatic heterocycles. The van der Waals surface area contributed by atoms with Gasteiger partial charge in [-0.25, -0.2) is 4.98 Å². The Morgan fingerprint density at radius 1 is 1.05 bits per heavy atom. The van der Waals surface area contributed by atoms with Crippen molar-refractivity contribution in [3.05, 3.63) is 64.4 Å². The molecule has 0 saturated carbocycles. The normalized spacial score (nSPS) is 11.1. The van der Waals surface area contributed by atoms with Crippen LogP contribution in [-0.2, 0) is 20.1 Å². The van der Waals surface area contributed by atoms with Crippen LogP contribution < -0.4 is 5.32 Å². The number of imidazole rings is 1. The Kier molecular flexibility index (Phi) is 3.85. The summed E-state index contributed by atoms with van der Waals surface area (Å²) >= 11 is 3.45. The topological polar surface area (TPSA) is 29.9 Å². The fraction of sp³-hybridized carbons (Fsp3) is 0.188. The summed E-state index contributed by atoms with van der Waals surface area (Å²) in [5.41, 5.74) is 3.50. The van der Waals surface area contributed by atoms with Gasteiger partial charge in [0.25, 0.3) is 0 Å². The fourth-order valence-corrected chi connectivity index (χ4v) is 2.54. The van der Waals surface area contributed by atoms with Gasteiger partial charge in [0, 0.05) is 18.1 Å². The second-order valence-corrected chi connectivity index (χ2v) is 5.72. The van der Waals surface area contributed by atoms with E-state index in [2.05, 4.69) is 68.2 Å². The monoisotopic (exact) mass is 329 g/mol. The largest absolute Gasteiger partial charge is 0.330 e. The minimum Gasteiger partial charge on any atom is -0.330 e. The summed E-state index contributed by atoms with van der Waals surface area (Å²) in [6.07, 6.45) is 0. The van der Waals surface area contributed by atoms with Crippen LogP contribution in [0.1, 0.15) is 11.4 Å². The maximum absolute atomic E-state index is 4.65. The summed E-state index contributed by atoms with van der Waals surface area (Å²) in [5, 5.41) is 3.44. The van der Waals surface area contributed by atoms with E-state index in [4.69, 9.17) is 0 Å². The van der Waals surface area contributed by atoms with Crippen LogP contribution in [0.2, 0.25) is 0 Å². The predicted molar refractivity (Wildman–Crippen MR) is 85.4 cm³/mol. The predicted octanol–water partition coefficient (Wildman–Crippen LogP) is 3.63. The van der Waals surface area contributed by atoms with Gasteiger partial charge in [0.15, 0.2) is 0 Å². The lowest BCUT2D eigenvalue weighted by atomic mass is 10.2. The number of nitrogens with zero attached hydrogens (tertiary/aromatic N) is 2. The van der Waals surface area contributed by atoms with Crippen LogP contribution in [0.3, 0.4) is 0 Å². The van der Waals surface area contributed by atoms with Crippen LogP contribution in [0.4, 0.5) is 0 Å². The Morgan fingerprint density at radius 2 is 1.80 bits per heavy atom. The van der Waals surface area contributed by atoms with Crippen molar-refractivity contribution >= 4 is 27.0 Å². The number of fused-ring (bicyclic) bond motifs is 1. The van der Waals surface area contributed by atoms with Crippen molar-refractivity contribution in [2.45, 2.75) is 13.1 Å². The fourth-order valence-electron chi connectivity index (χ4n) is 2.27. The molecule has 102 valence electrons. The number of hydrogen-bond acceptors (Lipinski definition) is 2. The van der Waals surface area contributed by atoms with Gasteiger partial charge in [-0.3, -0.25) is 0 Å². The summed E-state index contributed by atoms with van der Waals surface area (Å²) < 4.78 is 3.25. The summed E-state index contributed by atoms with van der Waals surface area (Å²) in [7, 11) is 2.06. The van der Waals surface area contributed by atoms with Gasteiger partial charge in [0.2, 0.25) is 0 Å². The van der Waals surface area contributed by atoms with Gasteiger partial charge in [-0.05, 0) is 29.8 Å². The molecule has 0 aliphatic carbocycles. The maximum Gasteiger partial charge on any atom is 0.123 e. The first-order chi connectivity index (χ1) is 9.74. The summed E-state index contributed by atoms with van der Waals surface area (Å²) in [4.78, 5) is 4.65. The van der Waals surface area contributed by atoms with Crippen molar-refractivity contribution in [2.24, 2.45) is 7.05 Å². The molecule has 0 fully saturated rings. The quantitative estimate of drug-likeness (QED) is 0.792. The lowest BCUT2D eigenvalue weighted by Gasteiger charge is -2.05. The van der Waals surface area contributed by atoms with Crippen molar-refractivity contribution in [1.29, 1.82) is 0 Å². The molecule has 0 atom stereocenters. The number of nitrogens with one attached hydrogen (secondary N) is 1. The molecule has 3 rings (SSSR count). The summed E-state index contributed by atoms with van der Waals surface area (Å²) in [6, 6.07) is 16.6. The zero-order valence-corrected chi connectivity index (χ0v) is 12.9. The maximum atomic E-state index is 4.65. The van der Waals surface area contributed by atoms with Crippen molar-refractivity contribution in [2.75, 3.05) is 0 Å². The smallest absolute Gasteiger partial charge is 0.123 e. The van der Waals surface area contributed by atoms with Crippen molar-refractivity contribution in [1.82, 2.24) is 14.9 Å². The molecule has 0 amide bonds. The second kappa shape index (κ2) is 5.77. The van der Waals surface area contributed by atoms with E-state index in [0.29, 0.717) is 0 Å². The summed E-state index contributed by atoms with van der Waals surface area (Å²) in [5.74, 6) is 1.06. The molecule has 4 heteroatoms. The molecule has 2 aromatic carbocycles. The zero-order valence-electron chi connectivity index (χ0n) is 11.3. The average Bonchev–Trinajstić information content (AvgIpc) is 2.78. The standard InChI is InChI=1S/C16H16BrN3/c1-20-15-5-3-2-4-14(15)19-16(20)11-18-10-12-6-8-13(17)9-7-12/h2-9,18H,10-11H2,1H3. The van der Waals surface area contributed by atoms with E-state index in [0.717, 1.165) is 28.9 Å². The Bertz CT molecular complexity index is 716. The first-order valence-electron chi connectivity index (χ1n) is 6.59. The molecule has 1 heterocycles. The third-order valence-electron chi connectivity index (χ3n) is 3.41. The lowest BCUT2D eigenvalue weighted by molar-refractivity contribution is 0.643. The van der Waals surface area contributed by atoms with Crippen LogP contribution in [0.5, 0.6) is 0 Å². The van der Waals surface area contributed by atoms with Gasteiger partial charge >= 0.3 is 0 Å². The highest BCUT2D eigenvalue weighted by Gasteiger charge is 2.06. The van der Waals surface area contributed by atoms with E-state index >= 15 is 0 Å². The Hall–Kier alpha value is -1.65. The Labute approximate surface area is 126 Å². The molecule has 0 bridgehead atoms. The van der Waals surface area contributed by atoms with E-state index in [1.54, 1.807) is 0 Å². The second-order valence-electron chi connectivity index (χ2n) is 4.81. The van der Waals surface area contributed by atoms with Crippen LogP contribution >= 0.6 is 15.9 Å².